The lowest BCUT2D eigenvalue weighted by atomic mass is 10.1. The zero-order chi connectivity index (χ0) is 21.8. The molecule has 0 unspecified atom stereocenters. The number of benzene rings is 1. The van der Waals surface area contributed by atoms with Crippen molar-refractivity contribution < 1.29 is 9.72 Å². The average molecular weight is 425 g/mol. The Hall–Kier alpha value is -3.27. The minimum atomic E-state index is -0.511. The van der Waals surface area contributed by atoms with Crippen molar-refractivity contribution in [2.75, 3.05) is 68.7 Å². The molecule has 0 saturated carbocycles. The van der Waals surface area contributed by atoms with Gasteiger partial charge in [-0.15, -0.1) is 10.2 Å². The number of rotatable bonds is 5. The van der Waals surface area contributed by atoms with Gasteiger partial charge in [-0.1, -0.05) is 19.1 Å². The highest BCUT2D eigenvalue weighted by molar-refractivity contribution is 5.98. The van der Waals surface area contributed by atoms with Crippen LogP contribution in [0.25, 0.3) is 0 Å². The minimum Gasteiger partial charge on any atom is -0.353 e. The molecule has 2 saturated heterocycles. The second-order valence-electron chi connectivity index (χ2n) is 7.72. The van der Waals surface area contributed by atoms with Crippen LogP contribution in [-0.4, -0.2) is 89.7 Å². The van der Waals surface area contributed by atoms with Gasteiger partial charge in [-0.25, -0.2) is 0 Å². The Labute approximate surface area is 181 Å². The third-order valence-electron chi connectivity index (χ3n) is 6.00. The molecular formula is C21H27N7O3. The summed E-state index contributed by atoms with van der Waals surface area (Å²) in [4.78, 5) is 31.9. The molecule has 1 amide bonds. The summed E-state index contributed by atoms with van der Waals surface area (Å²) >= 11 is 0. The lowest BCUT2D eigenvalue weighted by Crippen LogP contribution is -2.49. The van der Waals surface area contributed by atoms with E-state index < -0.39 is 4.92 Å². The zero-order valence-corrected chi connectivity index (χ0v) is 17.7. The van der Waals surface area contributed by atoms with Crippen molar-refractivity contribution in [2.24, 2.45) is 0 Å². The summed E-state index contributed by atoms with van der Waals surface area (Å²) in [5.41, 5.74) is -0.0237. The van der Waals surface area contributed by atoms with Crippen molar-refractivity contribution in [3.05, 3.63) is 52.1 Å². The van der Waals surface area contributed by atoms with E-state index in [2.05, 4.69) is 31.8 Å². The number of hydrogen-bond donors (Lipinski definition) is 0. The van der Waals surface area contributed by atoms with Gasteiger partial charge >= 0.3 is 0 Å². The largest absolute Gasteiger partial charge is 0.353 e. The van der Waals surface area contributed by atoms with Crippen LogP contribution in [0.2, 0.25) is 0 Å². The van der Waals surface area contributed by atoms with Crippen molar-refractivity contribution in [2.45, 2.75) is 6.92 Å². The molecule has 0 atom stereocenters. The van der Waals surface area contributed by atoms with Gasteiger partial charge < -0.3 is 19.6 Å². The monoisotopic (exact) mass is 425 g/mol. The smallest absolute Gasteiger partial charge is 0.282 e. The van der Waals surface area contributed by atoms with Gasteiger partial charge in [-0.05, 0) is 24.7 Å². The summed E-state index contributed by atoms with van der Waals surface area (Å²) < 4.78 is 0. The van der Waals surface area contributed by atoms with Crippen molar-refractivity contribution in [3.63, 3.8) is 0 Å². The Bertz CT molecular complexity index is 921. The molecule has 2 fully saturated rings. The number of nitro groups is 1. The van der Waals surface area contributed by atoms with E-state index in [1.165, 1.54) is 12.1 Å². The fourth-order valence-corrected chi connectivity index (χ4v) is 4.07. The Morgan fingerprint density at radius 3 is 1.97 bits per heavy atom. The number of carbonyl (C=O) groups is 1. The first-order valence-electron chi connectivity index (χ1n) is 10.7. The summed E-state index contributed by atoms with van der Waals surface area (Å²) in [5.74, 6) is 1.37. The number of amides is 1. The summed E-state index contributed by atoms with van der Waals surface area (Å²) in [6, 6.07) is 10.1. The zero-order valence-electron chi connectivity index (χ0n) is 17.7. The first-order valence-corrected chi connectivity index (χ1v) is 10.7. The molecule has 0 N–H and O–H groups in total. The second-order valence-corrected chi connectivity index (χ2v) is 7.72. The highest BCUT2D eigenvalue weighted by Crippen LogP contribution is 2.22. The molecule has 1 aromatic heterocycles. The van der Waals surface area contributed by atoms with Crippen LogP contribution < -0.4 is 9.80 Å². The summed E-state index contributed by atoms with van der Waals surface area (Å²) in [6.45, 7) is 9.41. The first-order chi connectivity index (χ1) is 15.1. The van der Waals surface area contributed by atoms with Gasteiger partial charge in [-0.3, -0.25) is 14.9 Å². The van der Waals surface area contributed by atoms with Crippen molar-refractivity contribution in [1.82, 2.24) is 20.0 Å². The second kappa shape index (κ2) is 9.25. The Kier molecular flexibility index (Phi) is 6.26. The lowest BCUT2D eigenvalue weighted by Gasteiger charge is -2.36. The van der Waals surface area contributed by atoms with Crippen LogP contribution in [0.15, 0.2) is 36.4 Å². The number of para-hydroxylation sites is 1. The molecule has 0 aliphatic carbocycles. The van der Waals surface area contributed by atoms with Crippen LogP contribution in [-0.2, 0) is 0 Å². The van der Waals surface area contributed by atoms with Gasteiger partial charge in [0, 0.05) is 58.4 Å². The molecule has 2 aromatic rings. The van der Waals surface area contributed by atoms with Crippen molar-refractivity contribution in [1.29, 1.82) is 0 Å². The Morgan fingerprint density at radius 1 is 0.903 bits per heavy atom. The van der Waals surface area contributed by atoms with Gasteiger partial charge in [0.2, 0.25) is 0 Å². The Balaban J connectivity index is 1.35. The number of aromatic nitrogens is 2. The maximum absolute atomic E-state index is 12.8. The van der Waals surface area contributed by atoms with E-state index in [9.17, 15) is 14.9 Å². The Morgan fingerprint density at radius 2 is 1.45 bits per heavy atom. The number of likely N-dealkylation sites (N-methyl/N-ethyl adjacent to an activating group) is 1. The normalized spacial score (nSPS) is 17.6. The topological polar surface area (TPSA) is 99.0 Å². The molecule has 10 heteroatoms. The van der Waals surface area contributed by atoms with Crippen molar-refractivity contribution >= 4 is 23.2 Å². The molecular weight excluding hydrogens is 398 g/mol. The highest BCUT2D eigenvalue weighted by Gasteiger charge is 2.27. The SMILES string of the molecule is CCN1CCN(c2ccc(N3CCN(C(=O)c4ccccc4[N+](=O)[O-])CC3)nn2)CC1. The van der Waals surface area contributed by atoms with E-state index in [1.807, 2.05) is 12.1 Å². The van der Waals surface area contributed by atoms with Gasteiger partial charge in [-0.2, -0.15) is 0 Å². The number of anilines is 2. The molecule has 164 valence electrons. The molecule has 3 heterocycles. The van der Waals surface area contributed by atoms with E-state index in [-0.39, 0.29) is 17.2 Å². The van der Waals surface area contributed by atoms with Crippen molar-refractivity contribution in [3.8, 4) is 0 Å². The van der Waals surface area contributed by atoms with Gasteiger partial charge in [0.25, 0.3) is 11.6 Å². The van der Waals surface area contributed by atoms with E-state index in [0.717, 1.165) is 44.4 Å². The number of piperazine rings is 2. The standard InChI is InChI=1S/C21H27N7O3/c1-2-24-9-11-25(12-10-24)19-7-8-20(23-22-19)26-13-15-27(16-14-26)21(29)17-5-3-4-6-18(17)28(30)31/h3-8H,2,9-16H2,1H3. The number of hydrogen-bond acceptors (Lipinski definition) is 8. The summed E-state index contributed by atoms with van der Waals surface area (Å²) in [6.07, 6.45) is 0. The average Bonchev–Trinajstić information content (AvgIpc) is 2.84. The lowest BCUT2D eigenvalue weighted by molar-refractivity contribution is -0.385. The van der Waals surface area contributed by atoms with E-state index in [4.69, 9.17) is 0 Å². The van der Waals surface area contributed by atoms with E-state index in [0.29, 0.717) is 26.2 Å². The summed E-state index contributed by atoms with van der Waals surface area (Å²) in [5, 5.41) is 20.1. The maximum Gasteiger partial charge on any atom is 0.282 e. The molecule has 31 heavy (non-hydrogen) atoms. The molecule has 0 spiro atoms. The highest BCUT2D eigenvalue weighted by atomic mass is 16.6. The fraction of sp³-hybridized carbons (Fsp3) is 0.476. The van der Waals surface area contributed by atoms with Crippen LogP contribution in [0, 0.1) is 10.1 Å². The minimum absolute atomic E-state index is 0.133. The molecule has 0 radical (unpaired) electrons. The van der Waals surface area contributed by atoms with Crippen LogP contribution >= 0.6 is 0 Å². The van der Waals surface area contributed by atoms with Crippen LogP contribution in [0.1, 0.15) is 17.3 Å². The molecule has 4 rings (SSSR count). The number of nitrogens with zero attached hydrogens (tertiary/aromatic N) is 7. The molecule has 2 aliphatic heterocycles. The quantitative estimate of drug-likeness (QED) is 0.525. The maximum atomic E-state index is 12.8. The predicted octanol–water partition coefficient (Wildman–Crippen LogP) is 1.49. The molecule has 2 aliphatic rings. The summed E-state index contributed by atoms with van der Waals surface area (Å²) in [7, 11) is 0. The fourth-order valence-electron chi connectivity index (χ4n) is 4.07. The molecule has 1 aromatic carbocycles. The van der Waals surface area contributed by atoms with E-state index >= 15 is 0 Å². The van der Waals surface area contributed by atoms with Crippen LogP contribution in [0.3, 0.4) is 0 Å². The molecule has 0 bridgehead atoms. The number of carbonyl (C=O) groups excluding carboxylic acids is 1. The third-order valence-corrected chi connectivity index (χ3v) is 6.00. The van der Waals surface area contributed by atoms with E-state index in [1.54, 1.807) is 17.0 Å². The van der Waals surface area contributed by atoms with Gasteiger partial charge in [0.05, 0.1) is 4.92 Å². The molecule has 10 nitrogen and oxygen atoms in total. The predicted molar refractivity (Wildman–Crippen MR) is 118 cm³/mol. The van der Waals surface area contributed by atoms with Gasteiger partial charge in [0.1, 0.15) is 5.56 Å². The first kappa shape index (κ1) is 21.0. The van der Waals surface area contributed by atoms with Crippen LogP contribution in [0.4, 0.5) is 17.3 Å². The number of nitro benzene ring substituents is 1. The van der Waals surface area contributed by atoms with Crippen LogP contribution in [0.5, 0.6) is 0 Å². The van der Waals surface area contributed by atoms with Gasteiger partial charge in [0.15, 0.2) is 11.6 Å². The third kappa shape index (κ3) is 4.58.